The van der Waals surface area contributed by atoms with Gasteiger partial charge >= 0.3 is 0 Å². The van der Waals surface area contributed by atoms with E-state index >= 15 is 0 Å². The molecule has 1 unspecified atom stereocenters. The highest BCUT2D eigenvalue weighted by molar-refractivity contribution is 5.39. The fourth-order valence-corrected chi connectivity index (χ4v) is 2.03. The van der Waals surface area contributed by atoms with Crippen LogP contribution in [-0.4, -0.2) is 4.92 Å². The zero-order chi connectivity index (χ0) is 12.0. The average molecular weight is 221 g/mol. The third-order valence-corrected chi connectivity index (χ3v) is 2.97. The van der Waals surface area contributed by atoms with Crippen LogP contribution in [0.25, 0.3) is 0 Å². The van der Waals surface area contributed by atoms with E-state index in [4.69, 9.17) is 0 Å². The van der Waals surface area contributed by atoms with Crippen molar-refractivity contribution in [1.29, 1.82) is 0 Å². The SMILES string of the molecule is CCCC(CC)Cc1ccccc1[N+](=O)[O-]. The predicted octanol–water partition coefficient (Wildman–Crippen LogP) is 3.96. The molecule has 0 saturated heterocycles. The molecule has 88 valence electrons. The second kappa shape index (κ2) is 6.26. The molecule has 0 aliphatic heterocycles. The largest absolute Gasteiger partial charge is 0.272 e. The molecule has 0 aromatic heterocycles. The Labute approximate surface area is 96.6 Å². The van der Waals surface area contributed by atoms with Crippen molar-refractivity contribution >= 4 is 5.69 Å². The molecule has 0 bridgehead atoms. The van der Waals surface area contributed by atoms with E-state index in [2.05, 4.69) is 13.8 Å². The predicted molar refractivity (Wildman–Crippen MR) is 65.5 cm³/mol. The molecule has 1 aromatic carbocycles. The first-order valence-corrected chi connectivity index (χ1v) is 5.91. The van der Waals surface area contributed by atoms with Crippen LogP contribution in [-0.2, 0) is 6.42 Å². The summed E-state index contributed by atoms with van der Waals surface area (Å²) in [6, 6.07) is 7.06. The molecule has 3 nitrogen and oxygen atoms in total. The highest BCUT2D eigenvalue weighted by atomic mass is 16.6. The second-order valence-electron chi connectivity index (χ2n) is 4.15. The molecule has 0 aliphatic carbocycles. The molecule has 0 saturated carbocycles. The van der Waals surface area contributed by atoms with Gasteiger partial charge in [-0.05, 0) is 12.3 Å². The average Bonchev–Trinajstić information content (AvgIpc) is 2.29. The van der Waals surface area contributed by atoms with Crippen LogP contribution in [0.3, 0.4) is 0 Å². The highest BCUT2D eigenvalue weighted by Gasteiger charge is 2.15. The molecule has 0 aliphatic rings. The molecule has 16 heavy (non-hydrogen) atoms. The van der Waals surface area contributed by atoms with Crippen molar-refractivity contribution in [3.63, 3.8) is 0 Å². The zero-order valence-corrected chi connectivity index (χ0v) is 9.98. The van der Waals surface area contributed by atoms with Gasteiger partial charge in [0.25, 0.3) is 5.69 Å². The van der Waals surface area contributed by atoms with E-state index in [9.17, 15) is 10.1 Å². The van der Waals surface area contributed by atoms with Gasteiger partial charge in [0.05, 0.1) is 4.92 Å². The number of benzene rings is 1. The summed E-state index contributed by atoms with van der Waals surface area (Å²) in [7, 11) is 0. The van der Waals surface area contributed by atoms with Crippen molar-refractivity contribution in [2.75, 3.05) is 0 Å². The van der Waals surface area contributed by atoms with Gasteiger partial charge in [-0.1, -0.05) is 51.3 Å². The lowest BCUT2D eigenvalue weighted by atomic mass is 9.92. The Balaban J connectivity index is 2.82. The Hall–Kier alpha value is -1.38. The van der Waals surface area contributed by atoms with Gasteiger partial charge < -0.3 is 0 Å². The molecule has 0 spiro atoms. The Morgan fingerprint density at radius 2 is 2.00 bits per heavy atom. The van der Waals surface area contributed by atoms with Crippen molar-refractivity contribution in [2.45, 2.75) is 39.5 Å². The molecular weight excluding hydrogens is 202 g/mol. The number of hydrogen-bond donors (Lipinski definition) is 0. The Kier molecular flexibility index (Phi) is 4.96. The van der Waals surface area contributed by atoms with Gasteiger partial charge in [0.15, 0.2) is 0 Å². The number of nitro groups is 1. The maximum Gasteiger partial charge on any atom is 0.272 e. The van der Waals surface area contributed by atoms with E-state index in [0.29, 0.717) is 5.92 Å². The number of para-hydroxylation sites is 1. The minimum Gasteiger partial charge on any atom is -0.258 e. The maximum absolute atomic E-state index is 10.9. The van der Waals surface area contributed by atoms with E-state index in [-0.39, 0.29) is 10.6 Å². The molecule has 0 radical (unpaired) electrons. The number of rotatable bonds is 6. The Morgan fingerprint density at radius 3 is 2.56 bits per heavy atom. The summed E-state index contributed by atoms with van der Waals surface area (Å²) in [6.07, 6.45) is 4.18. The molecule has 0 N–H and O–H groups in total. The van der Waals surface area contributed by atoms with Crippen molar-refractivity contribution in [1.82, 2.24) is 0 Å². The molecule has 3 heteroatoms. The van der Waals surface area contributed by atoms with Gasteiger partial charge in [0.2, 0.25) is 0 Å². The van der Waals surface area contributed by atoms with Crippen LogP contribution < -0.4 is 0 Å². The van der Waals surface area contributed by atoms with Gasteiger partial charge in [0.1, 0.15) is 0 Å². The Bertz CT molecular complexity index is 350. The minimum atomic E-state index is -0.284. The van der Waals surface area contributed by atoms with E-state index in [1.54, 1.807) is 12.1 Å². The molecule has 0 heterocycles. The summed E-state index contributed by atoms with van der Waals surface area (Å²) in [5.74, 6) is 0.561. The minimum absolute atomic E-state index is 0.261. The van der Waals surface area contributed by atoms with Crippen molar-refractivity contribution in [3.05, 3.63) is 39.9 Å². The molecule has 1 aromatic rings. The van der Waals surface area contributed by atoms with Crippen molar-refractivity contribution in [3.8, 4) is 0 Å². The van der Waals surface area contributed by atoms with Crippen LogP contribution in [0.15, 0.2) is 24.3 Å². The van der Waals surface area contributed by atoms with E-state index in [0.717, 1.165) is 31.2 Å². The summed E-state index contributed by atoms with van der Waals surface area (Å²) < 4.78 is 0. The fourth-order valence-electron chi connectivity index (χ4n) is 2.03. The van der Waals surface area contributed by atoms with Crippen LogP contribution in [0.4, 0.5) is 5.69 Å². The third-order valence-electron chi connectivity index (χ3n) is 2.97. The lowest BCUT2D eigenvalue weighted by Gasteiger charge is -2.13. The van der Waals surface area contributed by atoms with Gasteiger partial charge in [-0.25, -0.2) is 0 Å². The first-order valence-electron chi connectivity index (χ1n) is 5.91. The topological polar surface area (TPSA) is 43.1 Å². The number of nitrogens with zero attached hydrogens (tertiary/aromatic N) is 1. The van der Waals surface area contributed by atoms with Crippen LogP contribution in [0.1, 0.15) is 38.7 Å². The Morgan fingerprint density at radius 1 is 1.31 bits per heavy atom. The first-order chi connectivity index (χ1) is 7.69. The highest BCUT2D eigenvalue weighted by Crippen LogP contribution is 2.24. The van der Waals surface area contributed by atoms with E-state index < -0.39 is 0 Å². The second-order valence-corrected chi connectivity index (χ2v) is 4.15. The number of nitro benzene ring substituents is 1. The van der Waals surface area contributed by atoms with Gasteiger partial charge in [-0.15, -0.1) is 0 Å². The van der Waals surface area contributed by atoms with Crippen molar-refractivity contribution < 1.29 is 4.92 Å². The summed E-state index contributed by atoms with van der Waals surface area (Å²) in [5.41, 5.74) is 1.13. The van der Waals surface area contributed by atoms with Crippen LogP contribution >= 0.6 is 0 Å². The zero-order valence-electron chi connectivity index (χ0n) is 9.98. The molecule has 0 fully saturated rings. The lowest BCUT2D eigenvalue weighted by Crippen LogP contribution is -2.05. The molecule has 1 atom stereocenters. The quantitative estimate of drug-likeness (QED) is 0.539. The summed E-state index contributed by atoms with van der Waals surface area (Å²) in [5, 5.41) is 10.9. The van der Waals surface area contributed by atoms with E-state index in [1.807, 2.05) is 12.1 Å². The lowest BCUT2D eigenvalue weighted by molar-refractivity contribution is -0.385. The van der Waals surface area contributed by atoms with Crippen molar-refractivity contribution in [2.24, 2.45) is 5.92 Å². The normalized spacial score (nSPS) is 12.4. The van der Waals surface area contributed by atoms with Gasteiger partial charge in [0, 0.05) is 11.6 Å². The maximum atomic E-state index is 10.9. The standard InChI is InChI=1S/C13H19NO2/c1-3-7-11(4-2)10-12-8-5-6-9-13(12)14(15)16/h5-6,8-9,11H,3-4,7,10H2,1-2H3. The first kappa shape index (κ1) is 12.7. The van der Waals surface area contributed by atoms with Crippen LogP contribution in [0, 0.1) is 16.0 Å². The summed E-state index contributed by atoms with van der Waals surface area (Å²) >= 11 is 0. The summed E-state index contributed by atoms with van der Waals surface area (Å²) in [4.78, 5) is 10.6. The van der Waals surface area contributed by atoms with Crippen LogP contribution in [0.5, 0.6) is 0 Å². The molecular formula is C13H19NO2. The smallest absolute Gasteiger partial charge is 0.258 e. The third kappa shape index (κ3) is 3.33. The monoisotopic (exact) mass is 221 g/mol. The fraction of sp³-hybridized carbons (Fsp3) is 0.538. The molecule has 1 rings (SSSR count). The van der Waals surface area contributed by atoms with Gasteiger partial charge in [-0.2, -0.15) is 0 Å². The summed E-state index contributed by atoms with van der Waals surface area (Å²) in [6.45, 7) is 4.30. The molecule has 0 amide bonds. The van der Waals surface area contributed by atoms with Crippen LogP contribution in [0.2, 0.25) is 0 Å². The van der Waals surface area contributed by atoms with Gasteiger partial charge in [-0.3, -0.25) is 10.1 Å². The van der Waals surface area contributed by atoms with E-state index in [1.165, 1.54) is 0 Å². The number of hydrogen-bond acceptors (Lipinski definition) is 2.